The fourth-order valence-corrected chi connectivity index (χ4v) is 4.09. The summed E-state index contributed by atoms with van der Waals surface area (Å²) in [5.41, 5.74) is 4.47. The van der Waals surface area contributed by atoms with Crippen LogP contribution in [0.5, 0.6) is 0 Å². The highest BCUT2D eigenvalue weighted by atomic mass is 32.1. The number of halogens is 3. The second kappa shape index (κ2) is 8.98. The SMILES string of the molecule is O=C(O)C(F)(F)F.O=C1c2c(-c3ccncc3)ccnc2CN1CCc1cn2ccsc2n1. The molecule has 1 aliphatic rings. The molecular formula is C21H16F3N5O3S. The highest BCUT2D eigenvalue weighted by molar-refractivity contribution is 7.15. The van der Waals surface area contributed by atoms with Gasteiger partial charge in [0.25, 0.3) is 5.91 Å². The second-order valence-electron chi connectivity index (χ2n) is 7.02. The number of hydrogen-bond acceptors (Lipinski definition) is 6. The molecule has 33 heavy (non-hydrogen) atoms. The summed E-state index contributed by atoms with van der Waals surface area (Å²) in [4.78, 5) is 37.8. The van der Waals surface area contributed by atoms with Crippen molar-refractivity contribution < 1.29 is 27.9 Å². The molecule has 8 nitrogen and oxygen atoms in total. The third kappa shape index (κ3) is 4.85. The van der Waals surface area contributed by atoms with Gasteiger partial charge < -0.3 is 10.0 Å². The number of carbonyl (C=O) groups is 2. The Bertz CT molecular complexity index is 1270. The Labute approximate surface area is 189 Å². The molecule has 0 unspecified atom stereocenters. The lowest BCUT2D eigenvalue weighted by molar-refractivity contribution is -0.192. The van der Waals surface area contributed by atoms with Gasteiger partial charge in [0.1, 0.15) is 0 Å². The van der Waals surface area contributed by atoms with E-state index in [0.29, 0.717) is 18.7 Å². The van der Waals surface area contributed by atoms with Crippen LogP contribution in [0, 0.1) is 0 Å². The molecular weight excluding hydrogens is 459 g/mol. The Balaban J connectivity index is 0.000000325. The lowest BCUT2D eigenvalue weighted by atomic mass is 10.0. The standard InChI is InChI=1S/C19H15N5OS.C2HF3O2/c25-18-17-15(13-1-5-20-6-2-13)3-7-21-16(17)12-23(18)8-4-14-11-24-9-10-26-19(24)22-14;3-2(4,5)1(6)7/h1-3,5-7,9-11H,4,8,12H2;(H,6,7). The highest BCUT2D eigenvalue weighted by Crippen LogP contribution is 2.31. The van der Waals surface area contributed by atoms with Crippen LogP contribution >= 0.6 is 11.3 Å². The number of carbonyl (C=O) groups excluding carboxylic acids is 1. The summed E-state index contributed by atoms with van der Waals surface area (Å²) in [6, 6.07) is 5.74. The number of alkyl halides is 3. The normalized spacial score (nSPS) is 13.1. The van der Waals surface area contributed by atoms with E-state index in [2.05, 4.69) is 15.0 Å². The lowest BCUT2D eigenvalue weighted by Crippen LogP contribution is -2.26. The van der Waals surface area contributed by atoms with E-state index in [9.17, 15) is 18.0 Å². The van der Waals surface area contributed by atoms with E-state index in [1.807, 2.05) is 45.3 Å². The molecule has 4 aromatic heterocycles. The van der Waals surface area contributed by atoms with Crippen LogP contribution in [-0.2, 0) is 17.8 Å². The number of nitrogens with zero attached hydrogens (tertiary/aromatic N) is 5. The number of imidazole rings is 1. The van der Waals surface area contributed by atoms with E-state index >= 15 is 0 Å². The van der Waals surface area contributed by atoms with Crippen LogP contribution in [0.1, 0.15) is 21.7 Å². The second-order valence-corrected chi connectivity index (χ2v) is 7.89. The van der Waals surface area contributed by atoms with E-state index < -0.39 is 12.1 Å². The van der Waals surface area contributed by atoms with Crippen molar-refractivity contribution >= 4 is 28.2 Å². The molecule has 1 amide bonds. The number of fused-ring (bicyclic) bond motifs is 2. The number of pyridine rings is 2. The summed E-state index contributed by atoms with van der Waals surface area (Å²) >= 11 is 1.61. The molecule has 0 saturated carbocycles. The predicted octanol–water partition coefficient (Wildman–Crippen LogP) is 3.68. The zero-order valence-electron chi connectivity index (χ0n) is 16.9. The molecule has 0 aliphatic carbocycles. The van der Waals surface area contributed by atoms with Crippen LogP contribution in [0.3, 0.4) is 0 Å². The fourth-order valence-electron chi connectivity index (χ4n) is 3.37. The van der Waals surface area contributed by atoms with Gasteiger partial charge in [-0.15, -0.1) is 11.3 Å². The lowest BCUT2D eigenvalue weighted by Gasteiger charge is -2.14. The zero-order valence-corrected chi connectivity index (χ0v) is 17.7. The van der Waals surface area contributed by atoms with Gasteiger partial charge in [-0.2, -0.15) is 13.2 Å². The maximum absolute atomic E-state index is 13.0. The molecule has 0 aromatic carbocycles. The maximum Gasteiger partial charge on any atom is 0.490 e. The number of hydrogen-bond donors (Lipinski definition) is 1. The van der Waals surface area contributed by atoms with Crippen LogP contribution in [0.25, 0.3) is 16.1 Å². The van der Waals surface area contributed by atoms with Gasteiger partial charge in [-0.1, -0.05) is 0 Å². The Morgan fingerprint density at radius 2 is 1.91 bits per heavy atom. The number of rotatable bonds is 4. The van der Waals surface area contributed by atoms with Gasteiger partial charge in [0.15, 0.2) is 4.96 Å². The van der Waals surface area contributed by atoms with Crippen molar-refractivity contribution in [2.24, 2.45) is 0 Å². The highest BCUT2D eigenvalue weighted by Gasteiger charge is 2.38. The molecule has 1 aliphatic heterocycles. The number of thiazole rings is 1. The molecule has 4 aromatic rings. The number of amides is 1. The van der Waals surface area contributed by atoms with Gasteiger partial charge in [0, 0.05) is 49.3 Å². The molecule has 0 atom stereocenters. The largest absolute Gasteiger partial charge is 0.490 e. The zero-order chi connectivity index (χ0) is 23.6. The smallest absolute Gasteiger partial charge is 0.475 e. The Hall–Kier alpha value is -3.80. The van der Waals surface area contributed by atoms with Crippen molar-refractivity contribution in [3.05, 3.63) is 71.5 Å². The van der Waals surface area contributed by atoms with Crippen molar-refractivity contribution in [1.29, 1.82) is 0 Å². The fraction of sp³-hybridized carbons (Fsp3) is 0.190. The van der Waals surface area contributed by atoms with Crippen LogP contribution in [-0.4, -0.2) is 54.0 Å². The summed E-state index contributed by atoms with van der Waals surface area (Å²) in [6.07, 6.45) is 4.93. The molecule has 0 radical (unpaired) electrons. The summed E-state index contributed by atoms with van der Waals surface area (Å²) in [7, 11) is 0. The number of carboxylic acid groups (broad SMARTS) is 1. The average molecular weight is 475 g/mol. The first-order chi connectivity index (χ1) is 15.7. The molecule has 5 heterocycles. The average Bonchev–Trinajstić information content (AvgIpc) is 3.46. The van der Waals surface area contributed by atoms with E-state index in [1.54, 1.807) is 29.9 Å². The molecule has 12 heteroatoms. The summed E-state index contributed by atoms with van der Waals surface area (Å²) in [5.74, 6) is -2.71. The minimum Gasteiger partial charge on any atom is -0.475 e. The van der Waals surface area contributed by atoms with Crippen molar-refractivity contribution in [2.75, 3.05) is 6.54 Å². The first kappa shape index (κ1) is 22.4. The van der Waals surface area contributed by atoms with Crippen LogP contribution in [0.15, 0.2) is 54.6 Å². The minimum absolute atomic E-state index is 0.0425. The molecule has 0 spiro atoms. The van der Waals surface area contributed by atoms with Crippen molar-refractivity contribution in [3.63, 3.8) is 0 Å². The van der Waals surface area contributed by atoms with Gasteiger partial charge in [-0.25, -0.2) is 9.78 Å². The monoisotopic (exact) mass is 475 g/mol. The first-order valence-corrected chi connectivity index (χ1v) is 10.5. The third-order valence-electron chi connectivity index (χ3n) is 4.89. The van der Waals surface area contributed by atoms with E-state index in [1.165, 1.54) is 0 Å². The van der Waals surface area contributed by atoms with Gasteiger partial charge in [0.05, 0.1) is 23.5 Å². The molecule has 0 bridgehead atoms. The van der Waals surface area contributed by atoms with Gasteiger partial charge in [0.2, 0.25) is 0 Å². The van der Waals surface area contributed by atoms with E-state index in [-0.39, 0.29) is 5.91 Å². The number of carboxylic acids is 1. The van der Waals surface area contributed by atoms with Crippen LogP contribution in [0.2, 0.25) is 0 Å². The minimum atomic E-state index is -5.08. The van der Waals surface area contributed by atoms with Crippen LogP contribution in [0.4, 0.5) is 13.2 Å². The molecule has 1 N–H and O–H groups in total. The Morgan fingerprint density at radius 3 is 2.58 bits per heavy atom. The van der Waals surface area contributed by atoms with Crippen LogP contribution < -0.4 is 0 Å². The van der Waals surface area contributed by atoms with Gasteiger partial charge in [-0.05, 0) is 29.3 Å². The Kier molecular flexibility index (Phi) is 6.09. The molecule has 5 rings (SSSR count). The number of aliphatic carboxylic acids is 1. The van der Waals surface area contributed by atoms with Crippen molar-refractivity contribution in [3.8, 4) is 11.1 Å². The van der Waals surface area contributed by atoms with E-state index in [0.717, 1.165) is 33.9 Å². The summed E-state index contributed by atoms with van der Waals surface area (Å²) in [6.45, 7) is 1.19. The number of aromatic nitrogens is 4. The molecule has 0 fully saturated rings. The summed E-state index contributed by atoms with van der Waals surface area (Å²) < 4.78 is 33.8. The topological polar surface area (TPSA) is 101 Å². The Morgan fingerprint density at radius 1 is 1.18 bits per heavy atom. The molecule has 0 saturated heterocycles. The predicted molar refractivity (Wildman–Crippen MR) is 113 cm³/mol. The van der Waals surface area contributed by atoms with E-state index in [4.69, 9.17) is 9.90 Å². The van der Waals surface area contributed by atoms with Crippen molar-refractivity contribution in [1.82, 2.24) is 24.3 Å². The maximum atomic E-state index is 13.0. The van der Waals surface area contributed by atoms with Gasteiger partial charge in [-0.3, -0.25) is 19.2 Å². The third-order valence-corrected chi connectivity index (χ3v) is 5.66. The molecule has 170 valence electrons. The quantitative estimate of drug-likeness (QED) is 0.483. The first-order valence-electron chi connectivity index (χ1n) is 9.63. The van der Waals surface area contributed by atoms with Crippen molar-refractivity contribution in [2.45, 2.75) is 19.1 Å². The summed E-state index contributed by atoms with van der Waals surface area (Å²) in [5, 5.41) is 9.14. The van der Waals surface area contributed by atoms with Gasteiger partial charge >= 0.3 is 12.1 Å².